The van der Waals surface area contributed by atoms with E-state index in [9.17, 15) is 9.90 Å². The fraction of sp³-hybridized carbons (Fsp3) is 0.211. The molecule has 2 N–H and O–H groups in total. The first-order chi connectivity index (χ1) is 12.2. The zero-order valence-electron chi connectivity index (χ0n) is 13.6. The molecule has 4 nitrogen and oxygen atoms in total. The Bertz CT molecular complexity index is 784. The van der Waals surface area contributed by atoms with Crippen LogP contribution in [0.25, 0.3) is 10.6 Å². The van der Waals surface area contributed by atoms with Gasteiger partial charge in [0.1, 0.15) is 11.9 Å². The fourth-order valence-electron chi connectivity index (χ4n) is 2.28. The molecule has 0 spiro atoms. The Morgan fingerprint density at radius 3 is 2.76 bits per heavy atom. The number of rotatable bonds is 8. The van der Waals surface area contributed by atoms with Crippen molar-refractivity contribution in [3.05, 3.63) is 71.3 Å². The minimum absolute atomic E-state index is 0.0669. The molecule has 1 unspecified atom stereocenters. The molecule has 0 bridgehead atoms. The third kappa shape index (κ3) is 5.22. The summed E-state index contributed by atoms with van der Waals surface area (Å²) in [4.78, 5) is 13.7. The van der Waals surface area contributed by atoms with E-state index in [1.807, 2.05) is 54.6 Å². The molecule has 0 radical (unpaired) electrons. The van der Waals surface area contributed by atoms with Crippen LogP contribution in [0.3, 0.4) is 0 Å². The van der Waals surface area contributed by atoms with E-state index < -0.39 is 6.10 Å². The van der Waals surface area contributed by atoms with Gasteiger partial charge >= 0.3 is 0 Å². The Labute approximate surface area is 154 Å². The van der Waals surface area contributed by atoms with Gasteiger partial charge in [0.25, 0.3) is 0 Å². The number of hydrogen-bond acceptors (Lipinski definition) is 5. The molecule has 0 saturated carbocycles. The quantitative estimate of drug-likeness (QED) is 0.624. The Kier molecular flexibility index (Phi) is 6.33. The summed E-state index contributed by atoms with van der Waals surface area (Å²) in [6, 6.07) is 17.5. The maximum Gasteiger partial charge on any atom is 0.230 e. The molecule has 1 aromatic carbocycles. The van der Waals surface area contributed by atoms with Gasteiger partial charge < -0.3 is 14.8 Å². The Balaban J connectivity index is 1.41. The third-order valence-corrected chi connectivity index (χ3v) is 5.76. The lowest BCUT2D eigenvalue weighted by atomic mass is 10.2. The van der Waals surface area contributed by atoms with Gasteiger partial charge in [0.05, 0.1) is 16.9 Å². The molecule has 25 heavy (non-hydrogen) atoms. The van der Waals surface area contributed by atoms with Crippen molar-refractivity contribution >= 4 is 29.0 Å². The molecule has 3 rings (SSSR count). The van der Waals surface area contributed by atoms with Gasteiger partial charge in [-0.05, 0) is 29.8 Å². The van der Waals surface area contributed by atoms with Crippen molar-refractivity contribution in [1.82, 2.24) is 5.32 Å². The maximum absolute atomic E-state index is 11.9. The predicted molar refractivity (Wildman–Crippen MR) is 103 cm³/mol. The average Bonchev–Trinajstić information content (AvgIpc) is 3.32. The zero-order chi connectivity index (χ0) is 17.5. The largest absolute Gasteiger partial charge is 0.464 e. The van der Waals surface area contributed by atoms with E-state index in [1.165, 1.54) is 16.9 Å². The van der Waals surface area contributed by atoms with Crippen molar-refractivity contribution < 1.29 is 14.3 Å². The van der Waals surface area contributed by atoms with Gasteiger partial charge in [0.15, 0.2) is 0 Å². The molecular weight excluding hydrogens is 354 g/mol. The molecule has 2 aromatic heterocycles. The Hall–Kier alpha value is -2.02. The van der Waals surface area contributed by atoms with Crippen LogP contribution in [0.15, 0.2) is 65.3 Å². The van der Waals surface area contributed by atoms with Crippen molar-refractivity contribution in [2.75, 3.05) is 12.3 Å². The minimum Gasteiger partial charge on any atom is -0.464 e. The average molecular weight is 373 g/mol. The number of nitrogens with one attached hydrogen (secondary N) is 1. The van der Waals surface area contributed by atoms with Crippen LogP contribution in [0.1, 0.15) is 16.5 Å². The summed E-state index contributed by atoms with van der Waals surface area (Å²) in [6.07, 6.45) is 0.912. The van der Waals surface area contributed by atoms with E-state index in [0.29, 0.717) is 5.75 Å². The van der Waals surface area contributed by atoms with Crippen molar-refractivity contribution in [2.24, 2.45) is 0 Å². The highest BCUT2D eigenvalue weighted by Crippen LogP contribution is 2.31. The number of aliphatic hydroxyl groups is 1. The van der Waals surface area contributed by atoms with Crippen LogP contribution in [0.5, 0.6) is 0 Å². The highest BCUT2D eigenvalue weighted by Gasteiger charge is 2.13. The van der Waals surface area contributed by atoms with E-state index in [1.54, 1.807) is 18.0 Å². The maximum atomic E-state index is 11.9. The summed E-state index contributed by atoms with van der Waals surface area (Å²) in [5, 5.41) is 13.0. The van der Waals surface area contributed by atoms with Gasteiger partial charge in [-0.15, -0.1) is 23.1 Å². The van der Waals surface area contributed by atoms with Crippen LogP contribution in [-0.2, 0) is 10.5 Å². The summed E-state index contributed by atoms with van der Waals surface area (Å²) < 4.78 is 5.35. The Morgan fingerprint density at radius 1 is 1.16 bits per heavy atom. The molecule has 2 heterocycles. The number of benzene rings is 1. The molecule has 0 aliphatic carbocycles. The second-order valence-electron chi connectivity index (χ2n) is 5.48. The molecular formula is C19H19NO3S2. The first-order valence-electron chi connectivity index (χ1n) is 7.92. The van der Waals surface area contributed by atoms with Crippen LogP contribution < -0.4 is 5.32 Å². The Morgan fingerprint density at radius 2 is 2.00 bits per heavy atom. The number of amides is 1. The van der Waals surface area contributed by atoms with Crippen molar-refractivity contribution in [2.45, 2.75) is 11.9 Å². The smallest absolute Gasteiger partial charge is 0.230 e. The van der Waals surface area contributed by atoms with Crippen molar-refractivity contribution in [1.29, 1.82) is 0 Å². The normalized spacial score (nSPS) is 12.0. The van der Waals surface area contributed by atoms with Gasteiger partial charge in [0.2, 0.25) is 5.91 Å². The molecule has 1 atom stereocenters. The number of thioether (sulfide) groups is 1. The number of carbonyl (C=O) groups is 1. The second kappa shape index (κ2) is 8.89. The lowest BCUT2D eigenvalue weighted by Crippen LogP contribution is -2.29. The van der Waals surface area contributed by atoms with Gasteiger partial charge in [-0.2, -0.15) is 0 Å². The fourth-order valence-corrected chi connectivity index (χ4v) is 4.06. The number of aliphatic hydroxyl groups excluding tert-OH is 1. The van der Waals surface area contributed by atoms with Crippen LogP contribution in [0.2, 0.25) is 0 Å². The van der Waals surface area contributed by atoms with Gasteiger partial charge in [-0.1, -0.05) is 30.3 Å². The van der Waals surface area contributed by atoms with Crippen molar-refractivity contribution in [3.63, 3.8) is 0 Å². The number of carbonyl (C=O) groups excluding carboxylic acids is 1. The molecule has 0 aliphatic heterocycles. The molecule has 3 aromatic rings. The monoisotopic (exact) mass is 373 g/mol. The van der Waals surface area contributed by atoms with E-state index in [-0.39, 0.29) is 12.5 Å². The van der Waals surface area contributed by atoms with Gasteiger partial charge in [-0.3, -0.25) is 4.79 Å². The van der Waals surface area contributed by atoms with Crippen molar-refractivity contribution in [3.8, 4) is 10.6 Å². The minimum atomic E-state index is -0.711. The molecule has 0 saturated heterocycles. The molecule has 1 amide bonds. The summed E-state index contributed by atoms with van der Waals surface area (Å²) >= 11 is 3.03. The molecule has 0 aliphatic rings. The summed E-state index contributed by atoms with van der Waals surface area (Å²) in [5.74, 6) is 1.89. The first kappa shape index (κ1) is 17.8. The number of hydrogen-bond donors (Lipinski definition) is 2. The summed E-state index contributed by atoms with van der Waals surface area (Å²) in [6.45, 7) is 0.211. The second-order valence-corrected chi connectivity index (χ2v) is 7.58. The summed E-state index contributed by atoms with van der Waals surface area (Å²) in [7, 11) is 0. The lowest BCUT2D eigenvalue weighted by Gasteiger charge is -2.10. The van der Waals surface area contributed by atoms with E-state index >= 15 is 0 Å². The highest BCUT2D eigenvalue weighted by atomic mass is 32.2. The number of thiophene rings is 1. The topological polar surface area (TPSA) is 62.5 Å². The first-order valence-corrected chi connectivity index (χ1v) is 9.89. The lowest BCUT2D eigenvalue weighted by molar-refractivity contribution is -0.119. The van der Waals surface area contributed by atoms with Crippen LogP contribution in [0, 0.1) is 0 Å². The van der Waals surface area contributed by atoms with Gasteiger partial charge in [-0.25, -0.2) is 0 Å². The van der Waals surface area contributed by atoms with E-state index in [0.717, 1.165) is 21.3 Å². The van der Waals surface area contributed by atoms with Crippen LogP contribution in [0.4, 0.5) is 0 Å². The SMILES string of the molecule is O=C(CSCc1ccccc1)NCC(O)c1ccc(-c2ccco2)s1. The predicted octanol–water partition coefficient (Wildman–Crippen LogP) is 4.09. The molecule has 6 heteroatoms. The van der Waals surface area contributed by atoms with E-state index in [4.69, 9.17) is 4.42 Å². The zero-order valence-corrected chi connectivity index (χ0v) is 15.2. The summed E-state index contributed by atoms with van der Waals surface area (Å²) in [5.41, 5.74) is 1.20. The molecule has 0 fully saturated rings. The number of furan rings is 1. The third-order valence-electron chi connectivity index (χ3n) is 3.56. The standard InChI is InChI=1S/C19H19NO3S2/c21-15(17-8-9-18(25-17)16-7-4-10-23-16)11-20-19(22)13-24-12-14-5-2-1-3-6-14/h1-10,15,21H,11-13H2,(H,20,22). The molecule has 130 valence electrons. The van der Waals surface area contributed by atoms with E-state index in [2.05, 4.69) is 5.32 Å². The van der Waals surface area contributed by atoms with Gasteiger partial charge in [0, 0.05) is 17.2 Å². The van der Waals surface area contributed by atoms with Crippen LogP contribution in [-0.4, -0.2) is 23.3 Å². The highest BCUT2D eigenvalue weighted by molar-refractivity contribution is 7.99. The van der Waals surface area contributed by atoms with Crippen LogP contribution >= 0.6 is 23.1 Å².